The van der Waals surface area contributed by atoms with E-state index in [0.717, 1.165) is 18.7 Å². The molecular formula is C15H19N3O. The van der Waals surface area contributed by atoms with Gasteiger partial charge in [-0.25, -0.2) is 0 Å². The van der Waals surface area contributed by atoms with E-state index in [1.165, 1.54) is 19.3 Å². The van der Waals surface area contributed by atoms with Crippen molar-refractivity contribution in [1.29, 1.82) is 0 Å². The fraction of sp³-hybridized carbons (Fsp3) is 0.467. The van der Waals surface area contributed by atoms with Crippen molar-refractivity contribution in [1.82, 2.24) is 15.1 Å². The fourth-order valence-corrected chi connectivity index (χ4v) is 2.58. The summed E-state index contributed by atoms with van der Waals surface area (Å²) < 4.78 is 5.76. The Kier molecular flexibility index (Phi) is 3.60. The van der Waals surface area contributed by atoms with Crippen molar-refractivity contribution >= 4 is 0 Å². The van der Waals surface area contributed by atoms with Gasteiger partial charge in [0.2, 0.25) is 11.8 Å². The summed E-state index contributed by atoms with van der Waals surface area (Å²) in [5, 5.41) is 8.30. The summed E-state index contributed by atoms with van der Waals surface area (Å²) in [7, 11) is 0. The maximum atomic E-state index is 5.76. The van der Waals surface area contributed by atoms with Crippen molar-refractivity contribution in [2.45, 2.75) is 38.8 Å². The highest BCUT2D eigenvalue weighted by Crippen LogP contribution is 2.21. The van der Waals surface area contributed by atoms with Crippen molar-refractivity contribution in [2.75, 3.05) is 6.54 Å². The van der Waals surface area contributed by atoms with Crippen molar-refractivity contribution in [2.24, 2.45) is 0 Å². The minimum absolute atomic E-state index is 0.611. The van der Waals surface area contributed by atoms with Crippen LogP contribution in [-0.4, -0.2) is 27.7 Å². The SMILES string of the molecule is C[C@@H]1CCCCN1Cc1nnc(-c2ccccc2)o1. The zero-order valence-electron chi connectivity index (χ0n) is 11.2. The normalized spacial score (nSPS) is 20.6. The van der Waals surface area contributed by atoms with E-state index >= 15 is 0 Å². The summed E-state index contributed by atoms with van der Waals surface area (Å²) in [5.74, 6) is 1.33. The maximum Gasteiger partial charge on any atom is 0.247 e. The van der Waals surface area contributed by atoms with E-state index in [2.05, 4.69) is 22.0 Å². The molecule has 1 aliphatic rings. The third-order valence-corrected chi connectivity index (χ3v) is 3.77. The molecule has 1 saturated heterocycles. The van der Waals surface area contributed by atoms with Crippen molar-refractivity contribution < 1.29 is 4.42 Å². The monoisotopic (exact) mass is 257 g/mol. The lowest BCUT2D eigenvalue weighted by atomic mass is 10.0. The van der Waals surface area contributed by atoms with Crippen LogP contribution in [0.3, 0.4) is 0 Å². The summed E-state index contributed by atoms with van der Waals surface area (Å²) in [6.07, 6.45) is 3.86. The quantitative estimate of drug-likeness (QED) is 0.847. The van der Waals surface area contributed by atoms with Gasteiger partial charge in [0.25, 0.3) is 0 Å². The first-order valence-corrected chi connectivity index (χ1v) is 6.95. The maximum absolute atomic E-state index is 5.76. The largest absolute Gasteiger partial charge is 0.419 e. The molecule has 2 heterocycles. The van der Waals surface area contributed by atoms with Crippen molar-refractivity contribution in [3.05, 3.63) is 36.2 Å². The first-order valence-electron chi connectivity index (χ1n) is 6.95. The molecule has 0 bridgehead atoms. The number of aromatic nitrogens is 2. The predicted molar refractivity (Wildman–Crippen MR) is 73.5 cm³/mol. The highest BCUT2D eigenvalue weighted by molar-refractivity contribution is 5.51. The molecule has 1 fully saturated rings. The highest BCUT2D eigenvalue weighted by atomic mass is 16.4. The molecule has 3 rings (SSSR count). The smallest absolute Gasteiger partial charge is 0.247 e. The summed E-state index contributed by atoms with van der Waals surface area (Å²) in [6.45, 7) is 4.17. The molecule has 0 spiro atoms. The summed E-state index contributed by atoms with van der Waals surface area (Å²) in [4.78, 5) is 2.42. The number of likely N-dealkylation sites (tertiary alicyclic amines) is 1. The zero-order chi connectivity index (χ0) is 13.1. The fourth-order valence-electron chi connectivity index (χ4n) is 2.58. The van der Waals surface area contributed by atoms with Gasteiger partial charge in [-0.05, 0) is 38.4 Å². The molecule has 1 atom stereocenters. The Bertz CT molecular complexity index is 523. The average molecular weight is 257 g/mol. The molecule has 1 aliphatic heterocycles. The van der Waals surface area contributed by atoms with Crippen LogP contribution in [0.25, 0.3) is 11.5 Å². The highest BCUT2D eigenvalue weighted by Gasteiger charge is 2.20. The molecule has 0 aliphatic carbocycles. The molecule has 1 aromatic carbocycles. The third-order valence-electron chi connectivity index (χ3n) is 3.77. The van der Waals surface area contributed by atoms with Gasteiger partial charge in [0.15, 0.2) is 0 Å². The van der Waals surface area contributed by atoms with E-state index in [1.54, 1.807) is 0 Å². The Morgan fingerprint density at radius 3 is 2.84 bits per heavy atom. The van der Waals surface area contributed by atoms with Crippen LogP contribution in [0, 0.1) is 0 Å². The molecule has 19 heavy (non-hydrogen) atoms. The minimum Gasteiger partial charge on any atom is -0.419 e. The molecule has 0 N–H and O–H groups in total. The number of hydrogen-bond donors (Lipinski definition) is 0. The Balaban J connectivity index is 1.71. The van der Waals surface area contributed by atoms with Crippen LogP contribution in [0.5, 0.6) is 0 Å². The van der Waals surface area contributed by atoms with Gasteiger partial charge in [-0.3, -0.25) is 4.90 Å². The standard InChI is InChI=1S/C15H19N3O/c1-12-7-5-6-10-18(12)11-14-16-17-15(19-14)13-8-3-2-4-9-13/h2-4,8-9,12H,5-7,10-11H2,1H3/t12-/m1/s1. The Morgan fingerprint density at radius 2 is 2.05 bits per heavy atom. The zero-order valence-corrected chi connectivity index (χ0v) is 11.2. The third kappa shape index (κ3) is 2.84. The molecule has 4 nitrogen and oxygen atoms in total. The van der Waals surface area contributed by atoms with E-state index in [0.29, 0.717) is 17.8 Å². The van der Waals surface area contributed by atoms with Gasteiger partial charge in [0, 0.05) is 11.6 Å². The van der Waals surface area contributed by atoms with Crippen LogP contribution in [0.2, 0.25) is 0 Å². The van der Waals surface area contributed by atoms with Crippen LogP contribution in [0.1, 0.15) is 32.1 Å². The topological polar surface area (TPSA) is 42.2 Å². The Labute approximate surface area is 113 Å². The Morgan fingerprint density at radius 1 is 1.21 bits per heavy atom. The molecule has 0 unspecified atom stereocenters. The van der Waals surface area contributed by atoms with Gasteiger partial charge in [0.05, 0.1) is 6.54 Å². The van der Waals surface area contributed by atoms with E-state index in [4.69, 9.17) is 4.42 Å². The summed E-state index contributed by atoms with van der Waals surface area (Å²) in [5.41, 5.74) is 0.980. The second kappa shape index (κ2) is 5.53. The van der Waals surface area contributed by atoms with Crippen LogP contribution in [-0.2, 0) is 6.54 Å². The van der Waals surface area contributed by atoms with Crippen LogP contribution in [0.15, 0.2) is 34.7 Å². The summed E-state index contributed by atoms with van der Waals surface area (Å²) in [6, 6.07) is 10.5. The van der Waals surface area contributed by atoms with E-state index in [9.17, 15) is 0 Å². The molecule has 2 aromatic rings. The molecule has 0 saturated carbocycles. The van der Waals surface area contributed by atoms with Gasteiger partial charge in [-0.15, -0.1) is 10.2 Å². The number of nitrogens with zero attached hydrogens (tertiary/aromatic N) is 3. The van der Waals surface area contributed by atoms with Gasteiger partial charge in [-0.2, -0.15) is 0 Å². The lowest BCUT2D eigenvalue weighted by molar-refractivity contribution is 0.139. The molecule has 1 aromatic heterocycles. The van der Waals surface area contributed by atoms with Gasteiger partial charge < -0.3 is 4.42 Å². The van der Waals surface area contributed by atoms with Gasteiger partial charge in [-0.1, -0.05) is 24.6 Å². The predicted octanol–water partition coefficient (Wildman–Crippen LogP) is 3.11. The van der Waals surface area contributed by atoms with Crippen LogP contribution in [0.4, 0.5) is 0 Å². The van der Waals surface area contributed by atoms with E-state index in [-0.39, 0.29) is 0 Å². The van der Waals surface area contributed by atoms with E-state index < -0.39 is 0 Å². The summed E-state index contributed by atoms with van der Waals surface area (Å²) >= 11 is 0. The van der Waals surface area contributed by atoms with Crippen molar-refractivity contribution in [3.63, 3.8) is 0 Å². The lowest BCUT2D eigenvalue weighted by Crippen LogP contribution is -2.36. The lowest BCUT2D eigenvalue weighted by Gasteiger charge is -2.31. The molecule has 0 amide bonds. The minimum atomic E-state index is 0.611. The second-order valence-corrected chi connectivity index (χ2v) is 5.18. The number of benzene rings is 1. The van der Waals surface area contributed by atoms with Crippen LogP contribution < -0.4 is 0 Å². The van der Waals surface area contributed by atoms with Gasteiger partial charge >= 0.3 is 0 Å². The Hall–Kier alpha value is -1.68. The first-order chi connectivity index (χ1) is 9.33. The van der Waals surface area contributed by atoms with Gasteiger partial charge in [0.1, 0.15) is 0 Å². The number of hydrogen-bond acceptors (Lipinski definition) is 4. The van der Waals surface area contributed by atoms with Crippen molar-refractivity contribution in [3.8, 4) is 11.5 Å². The average Bonchev–Trinajstić information content (AvgIpc) is 2.91. The second-order valence-electron chi connectivity index (χ2n) is 5.18. The van der Waals surface area contributed by atoms with E-state index in [1.807, 2.05) is 30.3 Å². The molecular weight excluding hydrogens is 238 g/mol. The first kappa shape index (κ1) is 12.4. The molecule has 0 radical (unpaired) electrons. The molecule has 4 heteroatoms. The number of piperidine rings is 1. The molecule has 100 valence electrons. The number of rotatable bonds is 3. The van der Waals surface area contributed by atoms with Crippen LogP contribution >= 0.6 is 0 Å².